The Kier molecular flexibility index (Phi) is 6.66. The van der Waals surface area contributed by atoms with Crippen molar-refractivity contribution in [1.82, 2.24) is 10.1 Å². The lowest BCUT2D eigenvalue weighted by atomic mass is 10.2. The van der Waals surface area contributed by atoms with Crippen molar-refractivity contribution in [2.45, 2.75) is 38.4 Å². The number of carbonyl (C=O) groups is 1. The molecule has 0 aliphatic heterocycles. The number of rotatable bonds is 7. The molecule has 0 spiro atoms. The quantitative estimate of drug-likeness (QED) is 0.403. The minimum Gasteiger partial charge on any atom is -0.270 e. The molecule has 0 aliphatic rings. The molecule has 1 unspecified atom stereocenters. The van der Waals surface area contributed by atoms with Crippen molar-refractivity contribution in [3.05, 3.63) is 0 Å². The van der Waals surface area contributed by atoms with Crippen LogP contribution >= 0.6 is 0 Å². The zero-order valence-electron chi connectivity index (χ0n) is 11.0. The predicted octanol–water partition coefficient (Wildman–Crippen LogP) is 0.159. The molecule has 0 aromatic rings. The standard InChI is InChI=1S/C10H23N3O3S/c1-5-7-9(17(15,16)8-6-2)10(14)13(11)12(3)4/h9H,5-8,11H2,1-4H3. The molecular formula is C10H23N3O3S. The second-order valence-corrected chi connectivity index (χ2v) is 6.48. The molecule has 1 atom stereocenters. The van der Waals surface area contributed by atoms with Crippen LogP contribution in [0.1, 0.15) is 33.1 Å². The van der Waals surface area contributed by atoms with Gasteiger partial charge in [0.1, 0.15) is 5.25 Å². The Labute approximate surface area is 104 Å². The van der Waals surface area contributed by atoms with E-state index in [4.69, 9.17) is 5.84 Å². The van der Waals surface area contributed by atoms with Crippen LogP contribution in [0.2, 0.25) is 0 Å². The first-order chi connectivity index (χ1) is 7.77. The number of hydrazine groups is 2. The van der Waals surface area contributed by atoms with E-state index in [2.05, 4.69) is 0 Å². The number of sulfone groups is 1. The van der Waals surface area contributed by atoms with E-state index in [0.717, 1.165) is 5.12 Å². The van der Waals surface area contributed by atoms with Crippen LogP contribution in [0.4, 0.5) is 0 Å². The third-order valence-electron chi connectivity index (χ3n) is 2.41. The minimum atomic E-state index is -3.41. The van der Waals surface area contributed by atoms with E-state index in [1.807, 2.05) is 6.92 Å². The first-order valence-electron chi connectivity index (χ1n) is 5.75. The summed E-state index contributed by atoms with van der Waals surface area (Å²) < 4.78 is 23.9. The van der Waals surface area contributed by atoms with Gasteiger partial charge in [0.15, 0.2) is 9.84 Å². The molecule has 0 saturated carbocycles. The van der Waals surface area contributed by atoms with E-state index >= 15 is 0 Å². The average molecular weight is 265 g/mol. The van der Waals surface area contributed by atoms with Crippen molar-refractivity contribution < 1.29 is 13.2 Å². The predicted molar refractivity (Wildman–Crippen MR) is 67.5 cm³/mol. The maximum atomic E-state index is 12.0. The summed E-state index contributed by atoms with van der Waals surface area (Å²) in [4.78, 5) is 12.0. The summed E-state index contributed by atoms with van der Waals surface area (Å²) in [5.74, 6) is 4.98. The molecule has 0 radical (unpaired) electrons. The lowest BCUT2D eigenvalue weighted by Gasteiger charge is -2.27. The zero-order valence-corrected chi connectivity index (χ0v) is 11.8. The summed E-state index contributed by atoms with van der Waals surface area (Å²) in [5, 5.41) is 1.19. The molecule has 0 bridgehead atoms. The lowest BCUT2D eigenvalue weighted by molar-refractivity contribution is -0.144. The van der Waals surface area contributed by atoms with E-state index in [0.29, 0.717) is 19.3 Å². The SMILES string of the molecule is CCCC(C(=O)N(N)N(C)C)S(=O)(=O)CCC. The van der Waals surface area contributed by atoms with Gasteiger partial charge in [-0.1, -0.05) is 20.3 Å². The third-order valence-corrected chi connectivity index (χ3v) is 4.69. The highest BCUT2D eigenvalue weighted by Gasteiger charge is 2.34. The maximum Gasteiger partial charge on any atom is 0.269 e. The second kappa shape index (κ2) is 6.93. The monoisotopic (exact) mass is 265 g/mol. The molecule has 102 valence electrons. The van der Waals surface area contributed by atoms with Crippen LogP contribution < -0.4 is 5.84 Å². The Hall–Kier alpha value is -0.660. The number of hydrogen-bond acceptors (Lipinski definition) is 5. The van der Waals surface area contributed by atoms with Crippen molar-refractivity contribution in [2.75, 3.05) is 19.8 Å². The third kappa shape index (κ3) is 4.61. The average Bonchev–Trinajstić information content (AvgIpc) is 2.23. The fourth-order valence-electron chi connectivity index (χ4n) is 1.49. The van der Waals surface area contributed by atoms with Gasteiger partial charge < -0.3 is 0 Å². The van der Waals surface area contributed by atoms with E-state index in [-0.39, 0.29) is 5.75 Å². The summed E-state index contributed by atoms with van der Waals surface area (Å²) in [6.07, 6.45) is 1.44. The minimum absolute atomic E-state index is 0.0185. The number of hydrogen-bond donors (Lipinski definition) is 1. The molecule has 0 aromatic carbocycles. The van der Waals surface area contributed by atoms with Crippen LogP contribution in [-0.2, 0) is 14.6 Å². The smallest absolute Gasteiger partial charge is 0.269 e. The Morgan fingerprint density at radius 3 is 2.12 bits per heavy atom. The van der Waals surface area contributed by atoms with Gasteiger partial charge >= 0.3 is 0 Å². The molecule has 0 rings (SSSR count). The van der Waals surface area contributed by atoms with Crippen molar-refractivity contribution in [3.63, 3.8) is 0 Å². The van der Waals surface area contributed by atoms with E-state index in [1.54, 1.807) is 21.0 Å². The Morgan fingerprint density at radius 1 is 1.24 bits per heavy atom. The molecule has 1 amide bonds. The highest BCUT2D eigenvalue weighted by atomic mass is 32.2. The van der Waals surface area contributed by atoms with Gasteiger partial charge in [-0.3, -0.25) is 4.79 Å². The summed E-state index contributed by atoms with van der Waals surface area (Å²) in [6.45, 7) is 3.62. The van der Waals surface area contributed by atoms with Crippen molar-refractivity contribution in [1.29, 1.82) is 0 Å². The maximum absolute atomic E-state index is 12.0. The van der Waals surface area contributed by atoms with Gasteiger partial charge in [0.25, 0.3) is 5.91 Å². The number of carbonyl (C=O) groups excluding carboxylic acids is 1. The first-order valence-corrected chi connectivity index (χ1v) is 7.46. The Morgan fingerprint density at radius 2 is 1.76 bits per heavy atom. The van der Waals surface area contributed by atoms with Crippen LogP contribution in [0.15, 0.2) is 0 Å². The first kappa shape index (κ1) is 16.3. The van der Waals surface area contributed by atoms with Crippen LogP contribution in [0.5, 0.6) is 0 Å². The largest absolute Gasteiger partial charge is 0.270 e. The van der Waals surface area contributed by atoms with Gasteiger partial charge in [0.05, 0.1) is 5.75 Å². The van der Waals surface area contributed by atoms with E-state index in [9.17, 15) is 13.2 Å². The van der Waals surface area contributed by atoms with Gasteiger partial charge in [0, 0.05) is 14.1 Å². The summed E-state index contributed by atoms with van der Waals surface area (Å²) in [7, 11) is -0.229. The number of nitrogens with zero attached hydrogens (tertiary/aromatic N) is 2. The summed E-state index contributed by atoms with van der Waals surface area (Å²) in [6, 6.07) is 0. The topological polar surface area (TPSA) is 83.7 Å². The number of amides is 1. The van der Waals surface area contributed by atoms with Gasteiger partial charge in [-0.2, -0.15) is 0 Å². The zero-order chi connectivity index (χ0) is 13.6. The van der Waals surface area contributed by atoms with Crippen LogP contribution in [0, 0.1) is 0 Å². The second-order valence-electron chi connectivity index (χ2n) is 4.17. The molecule has 0 aromatic heterocycles. The highest BCUT2D eigenvalue weighted by Crippen LogP contribution is 2.13. The van der Waals surface area contributed by atoms with Crippen LogP contribution in [-0.4, -0.2) is 49.5 Å². The van der Waals surface area contributed by atoms with E-state index < -0.39 is 21.0 Å². The fourth-order valence-corrected chi connectivity index (χ4v) is 3.35. The summed E-state index contributed by atoms with van der Waals surface area (Å²) in [5.41, 5.74) is 0. The van der Waals surface area contributed by atoms with E-state index in [1.165, 1.54) is 5.01 Å². The van der Waals surface area contributed by atoms with Gasteiger partial charge in [-0.15, -0.1) is 0 Å². The molecule has 7 heteroatoms. The molecule has 0 heterocycles. The molecule has 6 nitrogen and oxygen atoms in total. The van der Waals surface area contributed by atoms with Crippen molar-refractivity contribution in [2.24, 2.45) is 5.84 Å². The molecular weight excluding hydrogens is 242 g/mol. The molecule has 0 saturated heterocycles. The molecule has 17 heavy (non-hydrogen) atoms. The van der Waals surface area contributed by atoms with Crippen LogP contribution in [0.3, 0.4) is 0 Å². The van der Waals surface area contributed by atoms with Crippen LogP contribution in [0.25, 0.3) is 0 Å². The van der Waals surface area contributed by atoms with Crippen molar-refractivity contribution >= 4 is 15.7 Å². The number of nitrogens with two attached hydrogens (primary N) is 1. The van der Waals surface area contributed by atoms with Gasteiger partial charge in [0.2, 0.25) is 0 Å². The fraction of sp³-hybridized carbons (Fsp3) is 0.900. The molecule has 0 aliphatic carbocycles. The highest BCUT2D eigenvalue weighted by molar-refractivity contribution is 7.92. The van der Waals surface area contributed by atoms with Gasteiger partial charge in [-0.05, 0) is 12.8 Å². The normalized spacial score (nSPS) is 13.8. The molecule has 2 N–H and O–H groups in total. The Bertz CT molecular complexity index is 341. The Balaban J connectivity index is 5.04. The lowest BCUT2D eigenvalue weighted by Crippen LogP contribution is -2.53. The van der Waals surface area contributed by atoms with Gasteiger partial charge in [-0.25, -0.2) is 24.4 Å². The van der Waals surface area contributed by atoms with Crippen molar-refractivity contribution in [3.8, 4) is 0 Å². The molecule has 0 fully saturated rings. The summed E-state index contributed by atoms with van der Waals surface area (Å²) >= 11 is 0.